The van der Waals surface area contributed by atoms with Crippen molar-refractivity contribution in [2.45, 2.75) is 6.92 Å². The monoisotopic (exact) mass is 330 g/mol. The molecule has 8 heteroatoms. The lowest BCUT2D eigenvalue weighted by molar-refractivity contribution is 0.0696. The molecule has 2 aromatic rings. The van der Waals surface area contributed by atoms with Crippen molar-refractivity contribution in [2.24, 2.45) is 0 Å². The van der Waals surface area contributed by atoms with Gasteiger partial charge in [-0.3, -0.25) is 4.79 Å². The van der Waals surface area contributed by atoms with Gasteiger partial charge in [0.15, 0.2) is 0 Å². The van der Waals surface area contributed by atoms with E-state index in [0.29, 0.717) is 0 Å². The number of nitrogens with zero attached hydrogens (tertiary/aromatic N) is 1. The molecule has 0 atom stereocenters. The minimum atomic E-state index is -1.15. The molecule has 20 heavy (non-hydrogen) atoms. The summed E-state index contributed by atoms with van der Waals surface area (Å²) in [4.78, 5) is 26.8. The normalized spacial score (nSPS) is 10.3. The highest BCUT2D eigenvalue weighted by Gasteiger charge is 2.16. The Hall–Kier alpha value is -1.63. The average molecular weight is 331 g/mol. The summed E-state index contributed by atoms with van der Waals surface area (Å²) in [5, 5.41) is 13.9. The second kappa shape index (κ2) is 5.78. The maximum absolute atomic E-state index is 12.0. The quantitative estimate of drug-likeness (QED) is 0.899. The predicted molar refractivity (Wildman–Crippen MR) is 78.2 cm³/mol. The number of amides is 1. The number of halogens is 2. The zero-order valence-corrected chi connectivity index (χ0v) is 12.4. The summed E-state index contributed by atoms with van der Waals surface area (Å²) >= 11 is 13.2. The van der Waals surface area contributed by atoms with E-state index in [1.807, 2.05) is 0 Å². The van der Waals surface area contributed by atoms with Crippen molar-refractivity contribution < 1.29 is 14.7 Å². The lowest BCUT2D eigenvalue weighted by Gasteiger charge is -2.09. The van der Waals surface area contributed by atoms with Crippen LogP contribution < -0.4 is 5.32 Å². The van der Waals surface area contributed by atoms with Gasteiger partial charge in [0, 0.05) is 5.38 Å². The molecule has 1 aromatic heterocycles. The van der Waals surface area contributed by atoms with E-state index >= 15 is 0 Å². The third kappa shape index (κ3) is 3.09. The van der Waals surface area contributed by atoms with Gasteiger partial charge < -0.3 is 10.4 Å². The number of carboxylic acid groups (broad SMARTS) is 1. The summed E-state index contributed by atoms with van der Waals surface area (Å²) in [5.74, 6) is -1.61. The minimum Gasteiger partial charge on any atom is -0.478 e. The largest absolute Gasteiger partial charge is 0.478 e. The molecule has 0 radical (unpaired) electrons. The second-order valence-electron chi connectivity index (χ2n) is 3.83. The van der Waals surface area contributed by atoms with E-state index < -0.39 is 11.9 Å². The molecule has 0 bridgehead atoms. The van der Waals surface area contributed by atoms with Gasteiger partial charge in [0.05, 0.1) is 26.3 Å². The van der Waals surface area contributed by atoms with Crippen LogP contribution in [0.3, 0.4) is 0 Å². The van der Waals surface area contributed by atoms with E-state index in [1.165, 1.54) is 23.5 Å². The molecule has 1 aromatic carbocycles. The summed E-state index contributed by atoms with van der Waals surface area (Å²) in [6, 6.07) is 2.44. The van der Waals surface area contributed by atoms with Crippen LogP contribution in [0.4, 0.5) is 5.69 Å². The van der Waals surface area contributed by atoms with Crippen molar-refractivity contribution in [3.63, 3.8) is 0 Å². The number of aromatic carboxylic acids is 1. The van der Waals surface area contributed by atoms with Gasteiger partial charge in [-0.15, -0.1) is 11.3 Å². The van der Waals surface area contributed by atoms with Crippen LogP contribution in [0.5, 0.6) is 0 Å². The average Bonchev–Trinajstić information content (AvgIpc) is 2.80. The number of carbonyl (C=O) groups is 2. The Morgan fingerprint density at radius 2 is 1.90 bits per heavy atom. The van der Waals surface area contributed by atoms with E-state index in [1.54, 1.807) is 12.3 Å². The number of aryl methyl sites for hydroxylation is 1. The van der Waals surface area contributed by atoms with Crippen LogP contribution >= 0.6 is 34.5 Å². The Morgan fingerprint density at radius 1 is 1.30 bits per heavy atom. The second-order valence-corrected chi connectivity index (χ2v) is 5.70. The maximum Gasteiger partial charge on any atom is 0.335 e. The molecule has 0 saturated heterocycles. The summed E-state index contributed by atoms with van der Waals surface area (Å²) in [7, 11) is 0. The number of carbonyl (C=O) groups excluding carboxylic acids is 1. The van der Waals surface area contributed by atoms with Gasteiger partial charge in [-0.05, 0) is 19.1 Å². The van der Waals surface area contributed by atoms with Crippen LogP contribution in [0.2, 0.25) is 10.0 Å². The topological polar surface area (TPSA) is 79.3 Å². The fourth-order valence-corrected chi connectivity index (χ4v) is 2.64. The van der Waals surface area contributed by atoms with Crippen LogP contribution in [-0.4, -0.2) is 22.0 Å². The molecule has 0 fully saturated rings. The number of aromatic nitrogens is 1. The van der Waals surface area contributed by atoms with E-state index in [-0.39, 0.29) is 27.0 Å². The first kappa shape index (κ1) is 14.8. The molecular weight excluding hydrogens is 323 g/mol. The number of thiazole rings is 1. The summed E-state index contributed by atoms with van der Waals surface area (Å²) in [6.07, 6.45) is 0. The number of hydrogen-bond acceptors (Lipinski definition) is 4. The van der Waals surface area contributed by atoms with Crippen molar-refractivity contribution in [3.05, 3.63) is 43.8 Å². The van der Waals surface area contributed by atoms with Gasteiger partial charge in [-0.25, -0.2) is 9.78 Å². The SMILES string of the molecule is Cc1nc(C(=O)Nc2c(Cl)cc(C(=O)O)cc2Cl)cs1. The zero-order valence-electron chi connectivity index (χ0n) is 10.1. The number of benzene rings is 1. The number of hydrogen-bond donors (Lipinski definition) is 2. The van der Waals surface area contributed by atoms with E-state index in [9.17, 15) is 9.59 Å². The number of rotatable bonds is 3. The molecule has 0 spiro atoms. The highest BCUT2D eigenvalue weighted by Crippen LogP contribution is 2.32. The fourth-order valence-electron chi connectivity index (χ4n) is 1.46. The Kier molecular flexibility index (Phi) is 4.27. The van der Waals surface area contributed by atoms with Crippen LogP contribution in [0.1, 0.15) is 25.9 Å². The van der Waals surface area contributed by atoms with E-state index in [0.717, 1.165) is 5.01 Å². The van der Waals surface area contributed by atoms with Gasteiger partial charge in [0.2, 0.25) is 0 Å². The lowest BCUT2D eigenvalue weighted by atomic mass is 10.2. The molecular formula is C12H8Cl2N2O3S. The number of nitrogens with one attached hydrogen (secondary N) is 1. The molecule has 1 heterocycles. The Morgan fingerprint density at radius 3 is 2.35 bits per heavy atom. The molecule has 2 rings (SSSR count). The molecule has 2 N–H and O–H groups in total. The Labute approximate surface area is 128 Å². The third-order valence-electron chi connectivity index (χ3n) is 2.38. The fraction of sp³-hybridized carbons (Fsp3) is 0.0833. The van der Waals surface area contributed by atoms with E-state index in [4.69, 9.17) is 28.3 Å². The zero-order chi connectivity index (χ0) is 14.9. The predicted octanol–water partition coefficient (Wildman–Crippen LogP) is 3.71. The highest BCUT2D eigenvalue weighted by atomic mass is 35.5. The number of anilines is 1. The van der Waals surface area contributed by atoms with Gasteiger partial charge in [-0.2, -0.15) is 0 Å². The third-order valence-corrected chi connectivity index (χ3v) is 3.75. The van der Waals surface area contributed by atoms with Gasteiger partial charge in [-0.1, -0.05) is 23.2 Å². The number of carboxylic acids is 1. The molecule has 1 amide bonds. The molecule has 104 valence electrons. The van der Waals surface area contributed by atoms with Crippen molar-refractivity contribution in [1.82, 2.24) is 4.98 Å². The van der Waals surface area contributed by atoms with Gasteiger partial charge in [0.25, 0.3) is 5.91 Å². The first-order valence-electron chi connectivity index (χ1n) is 5.34. The maximum atomic E-state index is 12.0. The summed E-state index contributed by atoms with van der Waals surface area (Å²) in [5.41, 5.74) is 0.360. The van der Waals surface area contributed by atoms with Crippen molar-refractivity contribution >= 4 is 52.1 Å². The minimum absolute atomic E-state index is 0.0511. The lowest BCUT2D eigenvalue weighted by Crippen LogP contribution is -2.13. The van der Waals surface area contributed by atoms with Crippen LogP contribution in [0, 0.1) is 6.92 Å². The van der Waals surface area contributed by atoms with Crippen LogP contribution in [-0.2, 0) is 0 Å². The summed E-state index contributed by atoms with van der Waals surface area (Å²) in [6.45, 7) is 1.78. The molecule has 0 aliphatic rings. The first-order valence-corrected chi connectivity index (χ1v) is 6.98. The van der Waals surface area contributed by atoms with Crippen molar-refractivity contribution in [1.29, 1.82) is 0 Å². The van der Waals surface area contributed by atoms with Crippen LogP contribution in [0.25, 0.3) is 0 Å². The molecule has 0 unspecified atom stereocenters. The molecule has 5 nitrogen and oxygen atoms in total. The molecule has 0 saturated carbocycles. The molecule has 0 aliphatic carbocycles. The Bertz CT molecular complexity index is 677. The van der Waals surface area contributed by atoms with Gasteiger partial charge >= 0.3 is 5.97 Å². The Balaban J connectivity index is 2.30. The van der Waals surface area contributed by atoms with Crippen molar-refractivity contribution in [2.75, 3.05) is 5.32 Å². The van der Waals surface area contributed by atoms with Gasteiger partial charge in [0.1, 0.15) is 5.69 Å². The first-order chi connectivity index (χ1) is 9.38. The smallest absolute Gasteiger partial charge is 0.335 e. The van der Waals surface area contributed by atoms with E-state index in [2.05, 4.69) is 10.3 Å². The molecule has 0 aliphatic heterocycles. The van der Waals surface area contributed by atoms with Crippen LogP contribution in [0.15, 0.2) is 17.5 Å². The van der Waals surface area contributed by atoms with Crippen molar-refractivity contribution in [3.8, 4) is 0 Å². The standard InChI is InChI=1S/C12H8Cl2N2O3S/c1-5-15-9(4-20-5)11(17)16-10-7(13)2-6(12(18)19)3-8(10)14/h2-4H,1H3,(H,16,17)(H,18,19). The summed E-state index contributed by atoms with van der Waals surface area (Å²) < 4.78 is 0. The highest BCUT2D eigenvalue weighted by molar-refractivity contribution is 7.09.